The van der Waals surface area contributed by atoms with Gasteiger partial charge in [-0.25, -0.2) is 18.1 Å². The van der Waals surface area contributed by atoms with Gasteiger partial charge in [-0.1, -0.05) is 20.3 Å². The van der Waals surface area contributed by atoms with Crippen molar-refractivity contribution in [2.24, 2.45) is 5.92 Å². The van der Waals surface area contributed by atoms with E-state index in [1.807, 2.05) is 13.8 Å². The number of pyridine rings is 1. The third-order valence-corrected chi connectivity index (χ3v) is 4.73. The Kier molecular flexibility index (Phi) is 4.25. The van der Waals surface area contributed by atoms with Crippen LogP contribution in [0.5, 0.6) is 0 Å². The summed E-state index contributed by atoms with van der Waals surface area (Å²) in [5.41, 5.74) is 6.29. The van der Waals surface area contributed by atoms with Crippen LogP contribution in [0, 0.1) is 5.92 Å². The smallest absolute Gasteiger partial charge is 0.240 e. The van der Waals surface area contributed by atoms with Crippen molar-refractivity contribution in [1.82, 2.24) is 9.71 Å². The Morgan fingerprint density at radius 3 is 2.75 bits per heavy atom. The Labute approximate surface area is 119 Å². The lowest BCUT2D eigenvalue weighted by Gasteiger charge is -2.11. The lowest BCUT2D eigenvalue weighted by Crippen LogP contribution is -2.28. The average molecular weight is 293 g/mol. The molecule has 0 radical (unpaired) electrons. The second-order valence-electron chi connectivity index (χ2n) is 4.96. The number of nitrogens with two attached hydrogens (primary N) is 1. The number of rotatable bonds is 5. The zero-order valence-electron chi connectivity index (χ0n) is 11.6. The fourth-order valence-electron chi connectivity index (χ4n) is 1.77. The summed E-state index contributed by atoms with van der Waals surface area (Å²) >= 11 is 0. The van der Waals surface area contributed by atoms with Gasteiger partial charge in [0.15, 0.2) is 0 Å². The maximum absolute atomic E-state index is 12.2. The third kappa shape index (κ3) is 3.26. The standard InChI is InChI=1S/C14H19N3O2S/c1-3-10(2)9-16-20(18,19)12-5-6-13-11(8-12)4-7-14(15)17-13/h4-8,10,16H,3,9H2,1-2H3,(H2,15,17). The number of benzene rings is 1. The minimum Gasteiger partial charge on any atom is -0.384 e. The lowest BCUT2D eigenvalue weighted by atomic mass is 10.1. The number of hydrogen-bond acceptors (Lipinski definition) is 4. The molecule has 0 aliphatic heterocycles. The van der Waals surface area contributed by atoms with Gasteiger partial charge in [0, 0.05) is 11.9 Å². The quantitative estimate of drug-likeness (QED) is 0.884. The molecule has 6 heteroatoms. The molecule has 3 N–H and O–H groups in total. The number of sulfonamides is 1. The molecule has 20 heavy (non-hydrogen) atoms. The van der Waals surface area contributed by atoms with Crippen molar-refractivity contribution in [3.63, 3.8) is 0 Å². The van der Waals surface area contributed by atoms with E-state index in [4.69, 9.17) is 5.73 Å². The van der Waals surface area contributed by atoms with Gasteiger partial charge in [0.25, 0.3) is 0 Å². The van der Waals surface area contributed by atoms with Gasteiger partial charge < -0.3 is 5.73 Å². The Hall–Kier alpha value is -1.66. The summed E-state index contributed by atoms with van der Waals surface area (Å²) in [7, 11) is -3.48. The number of nitrogens with one attached hydrogen (secondary N) is 1. The molecule has 1 aromatic carbocycles. The summed E-state index contributed by atoms with van der Waals surface area (Å²) in [6, 6.07) is 8.26. The number of aromatic nitrogens is 1. The molecule has 108 valence electrons. The molecule has 0 saturated heterocycles. The molecule has 0 amide bonds. The molecular formula is C14H19N3O2S. The lowest BCUT2D eigenvalue weighted by molar-refractivity contribution is 0.528. The molecule has 0 aliphatic carbocycles. The zero-order chi connectivity index (χ0) is 14.8. The molecule has 2 aromatic rings. The van der Waals surface area contributed by atoms with E-state index in [0.717, 1.165) is 11.8 Å². The van der Waals surface area contributed by atoms with Crippen LogP contribution < -0.4 is 10.5 Å². The number of fused-ring (bicyclic) bond motifs is 1. The fraction of sp³-hybridized carbons (Fsp3) is 0.357. The molecule has 0 saturated carbocycles. The summed E-state index contributed by atoms with van der Waals surface area (Å²) in [5, 5.41) is 0.755. The van der Waals surface area contributed by atoms with Crippen LogP contribution in [0.15, 0.2) is 35.2 Å². The van der Waals surface area contributed by atoms with Gasteiger partial charge in [-0.05, 0) is 36.2 Å². The molecule has 1 unspecified atom stereocenters. The predicted octanol–water partition coefficient (Wildman–Crippen LogP) is 2.14. The summed E-state index contributed by atoms with van der Waals surface area (Å²) in [6.45, 7) is 4.48. The average Bonchev–Trinajstić information content (AvgIpc) is 2.44. The van der Waals surface area contributed by atoms with Crippen LogP contribution >= 0.6 is 0 Å². The highest BCUT2D eigenvalue weighted by molar-refractivity contribution is 7.89. The van der Waals surface area contributed by atoms with Crippen molar-refractivity contribution in [3.05, 3.63) is 30.3 Å². The van der Waals surface area contributed by atoms with Crippen molar-refractivity contribution in [1.29, 1.82) is 0 Å². The van der Waals surface area contributed by atoms with E-state index < -0.39 is 10.0 Å². The molecule has 1 heterocycles. The Bertz CT molecular complexity index is 713. The topological polar surface area (TPSA) is 85.1 Å². The number of hydrogen-bond donors (Lipinski definition) is 2. The van der Waals surface area contributed by atoms with Gasteiger partial charge in [-0.3, -0.25) is 0 Å². The number of nitrogens with zero attached hydrogens (tertiary/aromatic N) is 1. The first-order chi connectivity index (χ1) is 9.42. The third-order valence-electron chi connectivity index (χ3n) is 3.31. The van der Waals surface area contributed by atoms with Crippen molar-refractivity contribution in [2.75, 3.05) is 12.3 Å². The number of anilines is 1. The molecule has 5 nitrogen and oxygen atoms in total. The van der Waals surface area contributed by atoms with Crippen LogP contribution in [0.3, 0.4) is 0 Å². The molecule has 1 atom stereocenters. The highest BCUT2D eigenvalue weighted by Crippen LogP contribution is 2.19. The summed E-state index contributed by atoms with van der Waals surface area (Å²) < 4.78 is 27.0. The summed E-state index contributed by atoms with van der Waals surface area (Å²) in [6.07, 6.45) is 0.934. The van der Waals surface area contributed by atoms with Crippen LogP contribution in [0.4, 0.5) is 5.82 Å². The van der Waals surface area contributed by atoms with E-state index in [0.29, 0.717) is 23.8 Å². The van der Waals surface area contributed by atoms with E-state index in [2.05, 4.69) is 9.71 Å². The van der Waals surface area contributed by atoms with Crippen molar-refractivity contribution in [2.45, 2.75) is 25.2 Å². The Morgan fingerprint density at radius 2 is 2.05 bits per heavy atom. The molecular weight excluding hydrogens is 274 g/mol. The van der Waals surface area contributed by atoms with Gasteiger partial charge in [0.2, 0.25) is 10.0 Å². The fourth-order valence-corrected chi connectivity index (χ4v) is 2.97. The Balaban J connectivity index is 2.30. The zero-order valence-corrected chi connectivity index (χ0v) is 12.4. The van der Waals surface area contributed by atoms with Crippen LogP contribution in [0.1, 0.15) is 20.3 Å². The van der Waals surface area contributed by atoms with Crippen LogP contribution in [0.2, 0.25) is 0 Å². The van der Waals surface area contributed by atoms with E-state index in [9.17, 15) is 8.42 Å². The van der Waals surface area contributed by atoms with E-state index in [1.54, 1.807) is 30.3 Å². The minimum absolute atomic E-state index is 0.250. The molecule has 0 fully saturated rings. The minimum atomic E-state index is -3.48. The van der Waals surface area contributed by atoms with Crippen LogP contribution in [0.25, 0.3) is 10.9 Å². The van der Waals surface area contributed by atoms with Crippen molar-refractivity contribution >= 4 is 26.7 Å². The molecule has 0 spiro atoms. The highest BCUT2D eigenvalue weighted by Gasteiger charge is 2.15. The SMILES string of the molecule is CCC(C)CNS(=O)(=O)c1ccc2nc(N)ccc2c1. The summed E-state index contributed by atoms with van der Waals surface area (Å²) in [5.74, 6) is 0.731. The number of nitrogen functional groups attached to an aromatic ring is 1. The molecule has 0 bridgehead atoms. The van der Waals surface area contributed by atoms with Crippen LogP contribution in [-0.4, -0.2) is 19.9 Å². The van der Waals surface area contributed by atoms with E-state index in [-0.39, 0.29) is 4.90 Å². The maximum atomic E-state index is 12.2. The monoisotopic (exact) mass is 293 g/mol. The van der Waals surface area contributed by atoms with Crippen molar-refractivity contribution in [3.8, 4) is 0 Å². The molecule has 2 rings (SSSR count). The second kappa shape index (κ2) is 5.76. The highest BCUT2D eigenvalue weighted by atomic mass is 32.2. The molecule has 1 aromatic heterocycles. The summed E-state index contributed by atoms with van der Waals surface area (Å²) in [4.78, 5) is 4.40. The first-order valence-corrected chi connectivity index (χ1v) is 8.06. The largest absolute Gasteiger partial charge is 0.384 e. The maximum Gasteiger partial charge on any atom is 0.240 e. The first-order valence-electron chi connectivity index (χ1n) is 6.58. The molecule has 0 aliphatic rings. The van der Waals surface area contributed by atoms with E-state index in [1.165, 1.54) is 0 Å². The van der Waals surface area contributed by atoms with Gasteiger partial charge in [-0.15, -0.1) is 0 Å². The van der Waals surface area contributed by atoms with Gasteiger partial charge in [-0.2, -0.15) is 0 Å². The second-order valence-corrected chi connectivity index (χ2v) is 6.72. The first kappa shape index (κ1) is 14.7. The van der Waals surface area contributed by atoms with Gasteiger partial charge >= 0.3 is 0 Å². The van der Waals surface area contributed by atoms with E-state index >= 15 is 0 Å². The normalized spacial score (nSPS) is 13.5. The Morgan fingerprint density at radius 1 is 1.30 bits per heavy atom. The predicted molar refractivity (Wildman–Crippen MR) is 80.8 cm³/mol. The van der Waals surface area contributed by atoms with Crippen LogP contribution in [-0.2, 0) is 10.0 Å². The van der Waals surface area contributed by atoms with Gasteiger partial charge in [0.1, 0.15) is 5.82 Å². The van der Waals surface area contributed by atoms with Crippen molar-refractivity contribution < 1.29 is 8.42 Å². The van der Waals surface area contributed by atoms with Gasteiger partial charge in [0.05, 0.1) is 10.4 Å².